The number of benzene rings is 2. The summed E-state index contributed by atoms with van der Waals surface area (Å²) < 4.78 is 42.2. The molecule has 1 aromatic heterocycles. The van der Waals surface area contributed by atoms with Crippen molar-refractivity contribution in [1.29, 1.82) is 0 Å². The molecule has 1 amide bonds. The third-order valence-corrected chi connectivity index (χ3v) is 5.79. The van der Waals surface area contributed by atoms with Crippen LogP contribution in [-0.2, 0) is 10.2 Å². The first-order valence-electron chi connectivity index (χ1n) is 9.97. The number of alkyl halides is 2. The predicted molar refractivity (Wildman–Crippen MR) is 112 cm³/mol. The van der Waals surface area contributed by atoms with Crippen LogP contribution in [0.4, 0.5) is 18.9 Å². The summed E-state index contributed by atoms with van der Waals surface area (Å²) in [7, 11) is 0. The van der Waals surface area contributed by atoms with E-state index in [1.54, 1.807) is 19.1 Å². The number of halogens is 3. The maximum Gasteiger partial charge on any atom is 0.388 e. The molecule has 1 heterocycles. The van der Waals surface area contributed by atoms with E-state index in [-0.39, 0.29) is 17.6 Å². The number of rotatable bonds is 6. The van der Waals surface area contributed by atoms with Crippen LogP contribution in [0.5, 0.6) is 5.88 Å². The van der Waals surface area contributed by atoms with Crippen LogP contribution >= 0.6 is 0 Å². The monoisotopic (exact) mass is 426 g/mol. The Labute approximate surface area is 178 Å². The highest BCUT2D eigenvalue weighted by molar-refractivity contribution is 6.00. The molecule has 4 rings (SSSR count). The zero-order valence-electron chi connectivity index (χ0n) is 16.9. The summed E-state index contributed by atoms with van der Waals surface area (Å²) in [4.78, 5) is 17.0. The number of carbonyl (C=O) groups is 1. The lowest BCUT2D eigenvalue weighted by Crippen LogP contribution is -2.46. The number of aryl methyl sites for hydroxylation is 1. The maximum absolute atomic E-state index is 13.1. The molecule has 1 fully saturated rings. The van der Waals surface area contributed by atoms with E-state index >= 15 is 0 Å². The second-order valence-corrected chi connectivity index (χ2v) is 7.69. The summed E-state index contributed by atoms with van der Waals surface area (Å²) in [6.07, 6.45) is 3.93. The first-order chi connectivity index (χ1) is 14.9. The van der Waals surface area contributed by atoms with Gasteiger partial charge >= 0.3 is 6.61 Å². The van der Waals surface area contributed by atoms with Crippen molar-refractivity contribution in [1.82, 2.24) is 4.98 Å². The van der Waals surface area contributed by atoms with E-state index in [0.29, 0.717) is 5.69 Å². The van der Waals surface area contributed by atoms with Crippen molar-refractivity contribution in [2.45, 2.75) is 38.2 Å². The molecule has 4 nitrogen and oxygen atoms in total. The summed E-state index contributed by atoms with van der Waals surface area (Å²) in [5.41, 5.74) is 3.27. The van der Waals surface area contributed by atoms with Gasteiger partial charge in [0.05, 0.1) is 5.41 Å². The number of carbonyl (C=O) groups excluding carboxylic acids is 1. The molecule has 160 valence electrons. The van der Waals surface area contributed by atoms with Crippen LogP contribution in [-0.4, -0.2) is 17.5 Å². The van der Waals surface area contributed by atoms with Crippen molar-refractivity contribution in [2.75, 3.05) is 5.32 Å². The zero-order chi connectivity index (χ0) is 22.0. The number of anilines is 1. The van der Waals surface area contributed by atoms with Crippen LogP contribution in [0.3, 0.4) is 0 Å². The van der Waals surface area contributed by atoms with E-state index in [4.69, 9.17) is 0 Å². The molecule has 0 aliphatic heterocycles. The topological polar surface area (TPSA) is 51.2 Å². The lowest BCUT2D eigenvalue weighted by Gasteiger charge is -2.40. The number of ether oxygens (including phenoxy) is 1. The van der Waals surface area contributed by atoms with Crippen LogP contribution in [0.15, 0.2) is 60.8 Å². The van der Waals surface area contributed by atoms with Crippen molar-refractivity contribution in [2.24, 2.45) is 0 Å². The van der Waals surface area contributed by atoms with Gasteiger partial charge in [0.25, 0.3) is 0 Å². The fourth-order valence-corrected chi connectivity index (χ4v) is 3.92. The molecule has 0 bridgehead atoms. The summed E-state index contributed by atoms with van der Waals surface area (Å²) in [6, 6.07) is 14.8. The summed E-state index contributed by atoms with van der Waals surface area (Å²) >= 11 is 0. The third-order valence-electron chi connectivity index (χ3n) is 5.79. The molecule has 0 saturated heterocycles. The molecule has 1 aliphatic rings. The highest BCUT2D eigenvalue weighted by Crippen LogP contribution is 2.45. The molecule has 1 saturated carbocycles. The normalized spacial score (nSPS) is 14.7. The number of nitrogens with one attached hydrogen (secondary N) is 1. The van der Waals surface area contributed by atoms with Gasteiger partial charge in [-0.05, 0) is 60.7 Å². The molecule has 31 heavy (non-hydrogen) atoms. The summed E-state index contributed by atoms with van der Waals surface area (Å²) in [6.45, 7) is -1.12. The standard InChI is InChI=1S/C24H21F3N2O2/c1-15-13-21(31-23(26)27)28-14-20(15)16-3-5-17(6-4-16)24(11-2-12-24)22(30)29-19-9-7-18(25)8-10-19/h3-10,13-14,23H,2,11-12H2,1H3,(H,29,30). The summed E-state index contributed by atoms with van der Waals surface area (Å²) in [5.74, 6) is -0.589. The number of hydrogen-bond donors (Lipinski definition) is 1. The van der Waals surface area contributed by atoms with Gasteiger partial charge < -0.3 is 10.1 Å². The number of hydrogen-bond acceptors (Lipinski definition) is 3. The molecular weight excluding hydrogens is 405 g/mol. The Hall–Kier alpha value is -3.35. The highest BCUT2D eigenvalue weighted by atomic mass is 19.3. The van der Waals surface area contributed by atoms with Crippen molar-refractivity contribution < 1.29 is 22.7 Å². The lowest BCUT2D eigenvalue weighted by molar-refractivity contribution is -0.124. The molecule has 1 N–H and O–H groups in total. The van der Waals surface area contributed by atoms with Gasteiger partial charge in [-0.25, -0.2) is 9.37 Å². The molecule has 3 aromatic rings. The van der Waals surface area contributed by atoms with Gasteiger partial charge in [0, 0.05) is 23.5 Å². The number of nitrogens with zero attached hydrogens (tertiary/aromatic N) is 1. The van der Waals surface area contributed by atoms with E-state index in [1.165, 1.54) is 24.4 Å². The Morgan fingerprint density at radius 1 is 1.10 bits per heavy atom. The minimum absolute atomic E-state index is 0.107. The third kappa shape index (κ3) is 4.26. The SMILES string of the molecule is Cc1cc(OC(F)F)ncc1-c1ccc(C2(C(=O)Nc3ccc(F)cc3)CCC2)cc1. The fraction of sp³-hybridized carbons (Fsp3) is 0.250. The average Bonchev–Trinajstić information content (AvgIpc) is 2.69. The Bertz CT molecular complexity index is 1080. The minimum Gasteiger partial charge on any atom is -0.417 e. The van der Waals surface area contributed by atoms with Gasteiger partial charge in [-0.2, -0.15) is 8.78 Å². The molecule has 2 aromatic carbocycles. The summed E-state index contributed by atoms with van der Waals surface area (Å²) in [5, 5.41) is 2.90. The first-order valence-corrected chi connectivity index (χ1v) is 9.97. The minimum atomic E-state index is -2.92. The van der Waals surface area contributed by atoms with Crippen molar-refractivity contribution in [3.05, 3.63) is 77.7 Å². The van der Waals surface area contributed by atoms with Crippen LogP contribution in [0.2, 0.25) is 0 Å². The van der Waals surface area contributed by atoms with Gasteiger partial charge in [0.15, 0.2) is 0 Å². The molecule has 0 spiro atoms. The van der Waals surface area contributed by atoms with E-state index in [1.807, 2.05) is 24.3 Å². The maximum atomic E-state index is 13.1. The number of amides is 1. The second-order valence-electron chi connectivity index (χ2n) is 7.69. The van der Waals surface area contributed by atoms with E-state index in [2.05, 4.69) is 15.0 Å². The molecule has 0 unspecified atom stereocenters. The van der Waals surface area contributed by atoms with Gasteiger partial charge in [-0.3, -0.25) is 4.79 Å². The highest BCUT2D eigenvalue weighted by Gasteiger charge is 2.45. The first kappa shape index (κ1) is 20.9. The fourth-order valence-electron chi connectivity index (χ4n) is 3.92. The van der Waals surface area contributed by atoms with Crippen molar-refractivity contribution in [3.63, 3.8) is 0 Å². The number of pyridine rings is 1. The van der Waals surface area contributed by atoms with E-state index in [9.17, 15) is 18.0 Å². The van der Waals surface area contributed by atoms with E-state index < -0.39 is 12.0 Å². The Morgan fingerprint density at radius 2 is 1.77 bits per heavy atom. The molecule has 0 radical (unpaired) electrons. The molecular formula is C24H21F3N2O2. The van der Waals surface area contributed by atoms with Crippen LogP contribution in [0.25, 0.3) is 11.1 Å². The predicted octanol–water partition coefficient (Wildman–Crippen LogP) is 5.86. The van der Waals surface area contributed by atoms with E-state index in [0.717, 1.165) is 41.5 Å². The smallest absolute Gasteiger partial charge is 0.388 e. The average molecular weight is 426 g/mol. The van der Waals surface area contributed by atoms with Crippen molar-refractivity contribution in [3.8, 4) is 17.0 Å². The Balaban J connectivity index is 1.55. The number of aromatic nitrogens is 1. The van der Waals surface area contributed by atoms with Gasteiger partial charge in [-0.15, -0.1) is 0 Å². The second kappa shape index (κ2) is 8.41. The zero-order valence-corrected chi connectivity index (χ0v) is 16.9. The van der Waals surface area contributed by atoms with Gasteiger partial charge in [0.1, 0.15) is 5.82 Å². The van der Waals surface area contributed by atoms with Crippen LogP contribution in [0, 0.1) is 12.7 Å². The van der Waals surface area contributed by atoms with Gasteiger partial charge in [-0.1, -0.05) is 30.7 Å². The molecule has 0 atom stereocenters. The molecule has 7 heteroatoms. The van der Waals surface area contributed by atoms with Crippen LogP contribution < -0.4 is 10.1 Å². The molecule has 1 aliphatic carbocycles. The van der Waals surface area contributed by atoms with Crippen molar-refractivity contribution >= 4 is 11.6 Å². The Morgan fingerprint density at radius 3 is 2.32 bits per heavy atom. The largest absolute Gasteiger partial charge is 0.417 e. The van der Waals surface area contributed by atoms with Crippen LogP contribution in [0.1, 0.15) is 30.4 Å². The quantitative estimate of drug-likeness (QED) is 0.537. The van der Waals surface area contributed by atoms with Gasteiger partial charge in [0.2, 0.25) is 11.8 Å². The Kier molecular flexibility index (Phi) is 5.67. The lowest BCUT2D eigenvalue weighted by atomic mass is 9.63.